The van der Waals surface area contributed by atoms with Gasteiger partial charge in [-0.05, 0) is 29.8 Å². The van der Waals surface area contributed by atoms with Crippen molar-refractivity contribution in [1.82, 2.24) is 20.0 Å². The fourth-order valence-electron chi connectivity index (χ4n) is 2.04. The zero-order chi connectivity index (χ0) is 16.1. The van der Waals surface area contributed by atoms with Crippen LogP contribution in [0.3, 0.4) is 0 Å². The summed E-state index contributed by atoms with van der Waals surface area (Å²) in [6.45, 7) is -0.148. The van der Waals surface area contributed by atoms with Gasteiger partial charge in [-0.3, -0.25) is 19.1 Å². The number of nitrogens with one attached hydrogen (secondary N) is 1. The first-order valence-electron chi connectivity index (χ1n) is 6.90. The SMILES string of the molecule is O=C(Cn1cnc2ccccc2c1=O)N/N=C\c1ccncc1. The molecule has 0 fully saturated rings. The first-order chi connectivity index (χ1) is 11.2. The molecular formula is C16H13N5O2. The van der Waals surface area contributed by atoms with Crippen LogP contribution in [-0.2, 0) is 11.3 Å². The van der Waals surface area contributed by atoms with Crippen LogP contribution in [0.1, 0.15) is 5.56 Å². The van der Waals surface area contributed by atoms with Crippen molar-refractivity contribution >= 4 is 23.0 Å². The average molecular weight is 307 g/mol. The zero-order valence-corrected chi connectivity index (χ0v) is 12.1. The number of nitrogens with zero attached hydrogens (tertiary/aromatic N) is 4. The van der Waals surface area contributed by atoms with Crippen molar-refractivity contribution in [3.63, 3.8) is 0 Å². The molecule has 114 valence electrons. The Morgan fingerprint density at radius 3 is 2.83 bits per heavy atom. The van der Waals surface area contributed by atoms with Gasteiger partial charge in [0.15, 0.2) is 0 Å². The molecule has 2 aromatic heterocycles. The van der Waals surface area contributed by atoms with Crippen LogP contribution in [0.5, 0.6) is 0 Å². The number of para-hydroxylation sites is 1. The summed E-state index contributed by atoms with van der Waals surface area (Å²) in [7, 11) is 0. The number of carbonyl (C=O) groups is 1. The van der Waals surface area contributed by atoms with Gasteiger partial charge in [-0.2, -0.15) is 5.10 Å². The van der Waals surface area contributed by atoms with E-state index in [9.17, 15) is 9.59 Å². The van der Waals surface area contributed by atoms with Gasteiger partial charge in [-0.1, -0.05) is 12.1 Å². The summed E-state index contributed by atoms with van der Waals surface area (Å²) >= 11 is 0. The van der Waals surface area contributed by atoms with Crippen molar-refractivity contribution in [2.24, 2.45) is 5.10 Å². The number of amides is 1. The van der Waals surface area contributed by atoms with Gasteiger partial charge in [0.2, 0.25) is 0 Å². The van der Waals surface area contributed by atoms with E-state index in [-0.39, 0.29) is 12.1 Å². The van der Waals surface area contributed by atoms with Crippen LogP contribution in [0.25, 0.3) is 10.9 Å². The molecule has 0 aliphatic rings. The lowest BCUT2D eigenvalue weighted by Crippen LogP contribution is -2.30. The summed E-state index contributed by atoms with van der Waals surface area (Å²) in [5.74, 6) is -0.408. The standard InChI is InChI=1S/C16H13N5O2/c22-15(20-19-9-12-5-7-17-8-6-12)10-21-11-18-14-4-2-1-3-13(14)16(21)23/h1-9,11H,10H2,(H,20,22)/b19-9-. The molecule has 0 atom stereocenters. The van der Waals surface area contributed by atoms with E-state index < -0.39 is 5.91 Å². The van der Waals surface area contributed by atoms with Crippen LogP contribution < -0.4 is 11.0 Å². The van der Waals surface area contributed by atoms with Crippen molar-refractivity contribution in [3.05, 3.63) is 71.0 Å². The molecule has 3 aromatic rings. The molecule has 2 heterocycles. The van der Waals surface area contributed by atoms with Gasteiger partial charge in [0.05, 0.1) is 23.4 Å². The highest BCUT2D eigenvalue weighted by atomic mass is 16.2. The summed E-state index contributed by atoms with van der Waals surface area (Å²) in [6, 6.07) is 10.5. The average Bonchev–Trinajstić information content (AvgIpc) is 2.59. The van der Waals surface area contributed by atoms with Gasteiger partial charge in [0.1, 0.15) is 6.54 Å². The second-order valence-electron chi connectivity index (χ2n) is 4.77. The topological polar surface area (TPSA) is 89.2 Å². The normalized spacial score (nSPS) is 11.0. The first kappa shape index (κ1) is 14.6. The van der Waals surface area contributed by atoms with E-state index >= 15 is 0 Å². The predicted molar refractivity (Wildman–Crippen MR) is 86.0 cm³/mol. The molecule has 0 radical (unpaired) electrons. The lowest BCUT2D eigenvalue weighted by Gasteiger charge is -2.05. The van der Waals surface area contributed by atoms with Gasteiger partial charge in [-0.15, -0.1) is 0 Å². The molecule has 7 nitrogen and oxygen atoms in total. The molecule has 0 unspecified atom stereocenters. The number of fused-ring (bicyclic) bond motifs is 1. The van der Waals surface area contributed by atoms with E-state index in [1.165, 1.54) is 17.1 Å². The molecule has 23 heavy (non-hydrogen) atoms. The highest BCUT2D eigenvalue weighted by Crippen LogP contribution is 2.04. The molecule has 0 bridgehead atoms. The lowest BCUT2D eigenvalue weighted by molar-refractivity contribution is -0.121. The molecule has 0 spiro atoms. The predicted octanol–water partition coefficient (Wildman–Crippen LogP) is 0.942. The third kappa shape index (κ3) is 3.46. The maximum absolute atomic E-state index is 12.3. The van der Waals surface area contributed by atoms with Crippen LogP contribution in [0, 0.1) is 0 Å². The summed E-state index contributed by atoms with van der Waals surface area (Å²) in [4.78, 5) is 32.2. The molecule has 0 aliphatic heterocycles. The minimum Gasteiger partial charge on any atom is -0.289 e. The third-order valence-corrected chi connectivity index (χ3v) is 3.15. The van der Waals surface area contributed by atoms with Gasteiger partial charge < -0.3 is 0 Å². The molecule has 0 saturated carbocycles. The number of carbonyl (C=O) groups excluding carboxylic acids is 1. The molecular weight excluding hydrogens is 294 g/mol. The Morgan fingerprint density at radius 2 is 2.00 bits per heavy atom. The van der Waals surface area contributed by atoms with E-state index in [1.54, 1.807) is 48.8 Å². The highest BCUT2D eigenvalue weighted by molar-refractivity contribution is 5.82. The Bertz CT molecular complexity index is 918. The molecule has 3 rings (SSSR count). The van der Waals surface area contributed by atoms with Gasteiger partial charge in [-0.25, -0.2) is 10.4 Å². The Morgan fingerprint density at radius 1 is 1.22 bits per heavy atom. The minimum atomic E-state index is -0.408. The van der Waals surface area contributed by atoms with Crippen molar-refractivity contribution in [2.75, 3.05) is 0 Å². The summed E-state index contributed by atoms with van der Waals surface area (Å²) in [6.07, 6.45) is 6.12. The maximum Gasteiger partial charge on any atom is 0.261 e. The van der Waals surface area contributed by atoms with E-state index in [0.29, 0.717) is 10.9 Å². The minimum absolute atomic E-state index is 0.148. The van der Waals surface area contributed by atoms with Crippen molar-refractivity contribution in [1.29, 1.82) is 0 Å². The van der Waals surface area contributed by atoms with Gasteiger partial charge in [0, 0.05) is 12.4 Å². The number of aromatic nitrogens is 3. The van der Waals surface area contributed by atoms with E-state index in [0.717, 1.165) is 5.56 Å². The second kappa shape index (κ2) is 6.61. The van der Waals surface area contributed by atoms with E-state index in [2.05, 4.69) is 20.5 Å². The monoisotopic (exact) mass is 307 g/mol. The Kier molecular flexibility index (Phi) is 4.19. The van der Waals surface area contributed by atoms with E-state index in [1.807, 2.05) is 0 Å². The summed E-state index contributed by atoms with van der Waals surface area (Å²) in [5, 5.41) is 4.32. The molecule has 0 saturated heterocycles. The largest absolute Gasteiger partial charge is 0.289 e. The van der Waals surface area contributed by atoms with Crippen LogP contribution >= 0.6 is 0 Å². The van der Waals surface area contributed by atoms with Gasteiger partial charge >= 0.3 is 0 Å². The maximum atomic E-state index is 12.3. The number of hydrogen-bond acceptors (Lipinski definition) is 5. The van der Waals surface area contributed by atoms with Gasteiger partial charge in [0.25, 0.3) is 11.5 Å². The van der Waals surface area contributed by atoms with Crippen LogP contribution in [0.4, 0.5) is 0 Å². The Balaban J connectivity index is 1.70. The quantitative estimate of drug-likeness (QED) is 0.574. The number of rotatable bonds is 4. The molecule has 7 heteroatoms. The highest BCUT2D eigenvalue weighted by Gasteiger charge is 2.07. The van der Waals surface area contributed by atoms with Crippen molar-refractivity contribution in [2.45, 2.75) is 6.54 Å². The summed E-state index contributed by atoms with van der Waals surface area (Å²) in [5.41, 5.74) is 3.53. The first-order valence-corrected chi connectivity index (χ1v) is 6.90. The fourth-order valence-corrected chi connectivity index (χ4v) is 2.04. The Hall–Kier alpha value is -3.35. The smallest absolute Gasteiger partial charge is 0.261 e. The van der Waals surface area contributed by atoms with Crippen LogP contribution in [-0.4, -0.2) is 26.7 Å². The number of benzene rings is 1. The Labute approximate surface area is 131 Å². The fraction of sp³-hybridized carbons (Fsp3) is 0.0625. The molecule has 0 aliphatic carbocycles. The zero-order valence-electron chi connectivity index (χ0n) is 12.1. The number of hydrazone groups is 1. The van der Waals surface area contributed by atoms with E-state index in [4.69, 9.17) is 0 Å². The van der Waals surface area contributed by atoms with Crippen molar-refractivity contribution < 1.29 is 4.79 Å². The molecule has 1 amide bonds. The summed E-state index contributed by atoms with van der Waals surface area (Å²) < 4.78 is 1.25. The third-order valence-electron chi connectivity index (χ3n) is 3.15. The van der Waals surface area contributed by atoms with Crippen LogP contribution in [0.2, 0.25) is 0 Å². The van der Waals surface area contributed by atoms with Crippen molar-refractivity contribution in [3.8, 4) is 0 Å². The number of hydrogen-bond donors (Lipinski definition) is 1. The van der Waals surface area contributed by atoms with Crippen LogP contribution in [0.15, 0.2) is 65.0 Å². The second-order valence-corrected chi connectivity index (χ2v) is 4.77. The molecule has 1 N–H and O–H groups in total. The number of pyridine rings is 1. The lowest BCUT2D eigenvalue weighted by atomic mass is 10.2. The molecule has 1 aromatic carbocycles.